The summed E-state index contributed by atoms with van der Waals surface area (Å²) in [6.45, 7) is 7.59. The zero-order valence-electron chi connectivity index (χ0n) is 12.7. The largest absolute Gasteiger partial charge is 0.458 e. The van der Waals surface area contributed by atoms with Gasteiger partial charge in [0.2, 0.25) is 0 Å². The molecule has 0 aromatic heterocycles. The molecule has 0 bridgehead atoms. The van der Waals surface area contributed by atoms with Crippen molar-refractivity contribution in [3.8, 4) is 0 Å². The molecule has 1 aromatic rings. The molecule has 0 radical (unpaired) electrons. The third kappa shape index (κ3) is 6.35. The normalized spacial score (nSPS) is 12.2. The van der Waals surface area contributed by atoms with Crippen molar-refractivity contribution in [2.24, 2.45) is 5.92 Å². The third-order valence-corrected chi connectivity index (χ3v) is 2.95. The predicted octanol–water partition coefficient (Wildman–Crippen LogP) is 2.78. The van der Waals surface area contributed by atoms with E-state index in [-0.39, 0.29) is 11.8 Å². The first-order chi connectivity index (χ1) is 9.90. The van der Waals surface area contributed by atoms with Crippen LogP contribution in [0.3, 0.4) is 0 Å². The molecule has 1 atom stereocenters. The number of carbonyl (C=O) groups excluding carboxylic acids is 1. The van der Waals surface area contributed by atoms with Gasteiger partial charge in [-0.05, 0) is 37.9 Å². The quantitative estimate of drug-likeness (QED) is 0.345. The number of hydrogen-bond donors (Lipinski definition) is 1. The van der Waals surface area contributed by atoms with Gasteiger partial charge in [0.1, 0.15) is 6.10 Å². The van der Waals surface area contributed by atoms with E-state index in [2.05, 4.69) is 19.2 Å². The van der Waals surface area contributed by atoms with Gasteiger partial charge in [-0.1, -0.05) is 13.8 Å². The molecule has 1 aromatic carbocycles. The van der Waals surface area contributed by atoms with E-state index in [1.165, 1.54) is 24.3 Å². The fourth-order valence-electron chi connectivity index (χ4n) is 1.71. The van der Waals surface area contributed by atoms with Crippen LogP contribution in [0.4, 0.5) is 5.69 Å². The number of nitrogens with zero attached hydrogens (tertiary/aromatic N) is 1. The van der Waals surface area contributed by atoms with E-state index in [0.29, 0.717) is 18.0 Å². The van der Waals surface area contributed by atoms with Crippen LogP contribution < -0.4 is 5.32 Å². The Labute approximate surface area is 124 Å². The Balaban J connectivity index is 2.39. The van der Waals surface area contributed by atoms with Gasteiger partial charge in [-0.15, -0.1) is 0 Å². The zero-order valence-corrected chi connectivity index (χ0v) is 12.7. The Hall–Kier alpha value is -1.95. The molecule has 6 heteroatoms. The van der Waals surface area contributed by atoms with Crippen molar-refractivity contribution in [1.82, 2.24) is 5.32 Å². The minimum Gasteiger partial charge on any atom is -0.458 e. The summed E-state index contributed by atoms with van der Waals surface area (Å²) in [6, 6.07) is 5.39. The molecule has 1 N–H and O–H groups in total. The van der Waals surface area contributed by atoms with Crippen LogP contribution in [0.1, 0.15) is 37.6 Å². The van der Waals surface area contributed by atoms with E-state index in [1.807, 2.05) is 6.92 Å². The van der Waals surface area contributed by atoms with Crippen LogP contribution in [0.25, 0.3) is 0 Å². The number of carbonyl (C=O) groups is 1. The Kier molecular flexibility index (Phi) is 6.81. The maximum atomic E-state index is 11.9. The fourth-order valence-corrected chi connectivity index (χ4v) is 1.71. The Morgan fingerprint density at radius 2 is 1.90 bits per heavy atom. The van der Waals surface area contributed by atoms with Gasteiger partial charge in [0.05, 0.1) is 10.5 Å². The van der Waals surface area contributed by atoms with Gasteiger partial charge in [0.15, 0.2) is 0 Å². The lowest BCUT2D eigenvalue weighted by molar-refractivity contribution is -0.384. The SMILES string of the molecule is CC(C)CCNC[C@@H](C)OC(=O)c1ccc([N+](=O)[O-])cc1. The van der Waals surface area contributed by atoms with Gasteiger partial charge in [-0.2, -0.15) is 0 Å². The molecular weight excluding hydrogens is 272 g/mol. The molecule has 0 heterocycles. The molecule has 0 saturated carbocycles. The van der Waals surface area contributed by atoms with Crippen molar-refractivity contribution in [2.75, 3.05) is 13.1 Å². The van der Waals surface area contributed by atoms with Gasteiger partial charge >= 0.3 is 5.97 Å². The Morgan fingerprint density at radius 3 is 2.43 bits per heavy atom. The second-order valence-corrected chi connectivity index (χ2v) is 5.41. The number of hydrogen-bond acceptors (Lipinski definition) is 5. The second-order valence-electron chi connectivity index (χ2n) is 5.41. The van der Waals surface area contributed by atoms with Crippen molar-refractivity contribution in [3.05, 3.63) is 39.9 Å². The van der Waals surface area contributed by atoms with Crippen LogP contribution >= 0.6 is 0 Å². The maximum absolute atomic E-state index is 11.9. The number of nitro groups is 1. The molecule has 0 saturated heterocycles. The summed E-state index contributed by atoms with van der Waals surface area (Å²) in [6.07, 6.45) is 0.822. The molecule has 0 fully saturated rings. The van der Waals surface area contributed by atoms with Crippen LogP contribution in [0.5, 0.6) is 0 Å². The number of rotatable bonds is 8. The molecule has 0 amide bonds. The standard InChI is InChI=1S/C15H22N2O4/c1-11(2)8-9-16-10-12(3)21-15(18)13-4-6-14(7-5-13)17(19)20/h4-7,11-12,16H,8-10H2,1-3H3/t12-/m1/s1. The van der Waals surface area contributed by atoms with Gasteiger partial charge in [0, 0.05) is 18.7 Å². The average Bonchev–Trinajstić information content (AvgIpc) is 2.43. The summed E-state index contributed by atoms with van der Waals surface area (Å²) in [5.74, 6) is 0.165. The van der Waals surface area contributed by atoms with Gasteiger partial charge in [0.25, 0.3) is 5.69 Å². The first kappa shape index (κ1) is 17.1. The number of non-ortho nitro benzene ring substituents is 1. The van der Waals surface area contributed by atoms with Crippen molar-refractivity contribution >= 4 is 11.7 Å². The first-order valence-corrected chi connectivity index (χ1v) is 7.06. The van der Waals surface area contributed by atoms with Crippen LogP contribution in [0, 0.1) is 16.0 Å². The van der Waals surface area contributed by atoms with Gasteiger partial charge < -0.3 is 10.1 Å². The van der Waals surface area contributed by atoms with Crippen LogP contribution in [0.15, 0.2) is 24.3 Å². The lowest BCUT2D eigenvalue weighted by atomic mass is 10.1. The highest BCUT2D eigenvalue weighted by Gasteiger charge is 2.13. The maximum Gasteiger partial charge on any atom is 0.338 e. The van der Waals surface area contributed by atoms with Crippen molar-refractivity contribution in [3.63, 3.8) is 0 Å². The summed E-state index contributed by atoms with van der Waals surface area (Å²) in [5, 5.41) is 13.8. The van der Waals surface area contributed by atoms with E-state index in [0.717, 1.165) is 13.0 Å². The lowest BCUT2D eigenvalue weighted by Gasteiger charge is -2.14. The minimum atomic E-state index is -0.504. The van der Waals surface area contributed by atoms with E-state index >= 15 is 0 Å². The number of esters is 1. The number of ether oxygens (including phenoxy) is 1. The summed E-state index contributed by atoms with van der Waals surface area (Å²) < 4.78 is 5.27. The Bertz CT molecular complexity index is 471. The van der Waals surface area contributed by atoms with Crippen molar-refractivity contribution in [2.45, 2.75) is 33.3 Å². The van der Waals surface area contributed by atoms with E-state index in [4.69, 9.17) is 4.74 Å². The molecule has 0 spiro atoms. The molecule has 21 heavy (non-hydrogen) atoms. The molecule has 6 nitrogen and oxygen atoms in total. The third-order valence-electron chi connectivity index (χ3n) is 2.95. The summed E-state index contributed by atoms with van der Waals surface area (Å²) >= 11 is 0. The Morgan fingerprint density at radius 1 is 1.29 bits per heavy atom. The first-order valence-electron chi connectivity index (χ1n) is 7.06. The van der Waals surface area contributed by atoms with Crippen LogP contribution in [0.2, 0.25) is 0 Å². The highest BCUT2D eigenvalue weighted by molar-refractivity contribution is 5.89. The molecule has 116 valence electrons. The molecule has 1 rings (SSSR count). The minimum absolute atomic E-state index is 0.0463. The smallest absolute Gasteiger partial charge is 0.338 e. The monoisotopic (exact) mass is 294 g/mol. The summed E-state index contributed by atoms with van der Waals surface area (Å²) in [7, 11) is 0. The average molecular weight is 294 g/mol. The fraction of sp³-hybridized carbons (Fsp3) is 0.533. The molecular formula is C15H22N2O4. The van der Waals surface area contributed by atoms with E-state index in [9.17, 15) is 14.9 Å². The van der Waals surface area contributed by atoms with E-state index in [1.54, 1.807) is 0 Å². The molecule has 0 unspecified atom stereocenters. The molecule has 0 aliphatic rings. The van der Waals surface area contributed by atoms with Gasteiger partial charge in [-0.25, -0.2) is 4.79 Å². The van der Waals surface area contributed by atoms with E-state index < -0.39 is 10.9 Å². The number of nitro benzene ring substituents is 1. The van der Waals surface area contributed by atoms with Crippen molar-refractivity contribution < 1.29 is 14.5 Å². The zero-order chi connectivity index (χ0) is 15.8. The highest BCUT2D eigenvalue weighted by atomic mass is 16.6. The second kappa shape index (κ2) is 8.36. The molecule has 0 aliphatic heterocycles. The number of nitrogens with one attached hydrogen (secondary N) is 1. The van der Waals surface area contributed by atoms with Crippen LogP contribution in [-0.2, 0) is 4.74 Å². The predicted molar refractivity (Wildman–Crippen MR) is 80.3 cm³/mol. The lowest BCUT2D eigenvalue weighted by Crippen LogP contribution is -2.30. The number of benzene rings is 1. The summed E-state index contributed by atoms with van der Waals surface area (Å²) in [5.41, 5.74) is 0.268. The summed E-state index contributed by atoms with van der Waals surface area (Å²) in [4.78, 5) is 21.9. The van der Waals surface area contributed by atoms with Gasteiger partial charge in [-0.3, -0.25) is 10.1 Å². The van der Waals surface area contributed by atoms with Crippen molar-refractivity contribution in [1.29, 1.82) is 0 Å². The highest BCUT2D eigenvalue weighted by Crippen LogP contribution is 2.13. The topological polar surface area (TPSA) is 81.5 Å². The van der Waals surface area contributed by atoms with Crippen LogP contribution in [-0.4, -0.2) is 30.1 Å². The molecule has 0 aliphatic carbocycles.